The molecule has 0 spiro atoms. The Kier molecular flexibility index (Phi) is 5.42. The van der Waals surface area contributed by atoms with Gasteiger partial charge in [0.1, 0.15) is 6.29 Å². The van der Waals surface area contributed by atoms with Crippen molar-refractivity contribution in [3.05, 3.63) is 0 Å². The van der Waals surface area contributed by atoms with Crippen molar-refractivity contribution in [2.24, 2.45) is 0 Å². The molecule has 1 rings (SSSR count). The zero-order chi connectivity index (χ0) is 12.0. The molecule has 0 aromatic rings. The molecule has 1 saturated heterocycles. The number of hydrogen-bond acceptors (Lipinski definition) is 3. The Hall–Kier alpha value is -0.410. The third-order valence-corrected chi connectivity index (χ3v) is 2.96. The summed E-state index contributed by atoms with van der Waals surface area (Å²) >= 11 is 0. The molecule has 0 N–H and O–H groups in total. The lowest BCUT2D eigenvalue weighted by Gasteiger charge is -2.16. The molecule has 3 nitrogen and oxygen atoms in total. The molecular formula is C13H24O3. The molecule has 0 aromatic heterocycles. The Balaban J connectivity index is 2.34. The van der Waals surface area contributed by atoms with Gasteiger partial charge in [-0.25, -0.2) is 0 Å². The molecule has 0 saturated carbocycles. The standard InChI is InChI=1S/C13H24O3/c1-4-5-6-7-8-11-12(9-10-14)16-13(2,3)15-11/h10-12H,4-9H2,1-3H3/t11-,12-/m0/s1. The van der Waals surface area contributed by atoms with Crippen molar-refractivity contribution in [2.45, 2.75) is 77.3 Å². The van der Waals surface area contributed by atoms with Crippen LogP contribution < -0.4 is 0 Å². The van der Waals surface area contributed by atoms with Crippen LogP contribution in [0.5, 0.6) is 0 Å². The van der Waals surface area contributed by atoms with Gasteiger partial charge in [0.25, 0.3) is 0 Å². The first-order valence-corrected chi connectivity index (χ1v) is 6.38. The predicted molar refractivity (Wildman–Crippen MR) is 63.3 cm³/mol. The highest BCUT2D eigenvalue weighted by Gasteiger charge is 2.40. The summed E-state index contributed by atoms with van der Waals surface area (Å²) in [6.45, 7) is 6.03. The highest BCUT2D eigenvalue weighted by atomic mass is 16.7. The molecular weight excluding hydrogens is 204 g/mol. The van der Waals surface area contributed by atoms with Gasteiger partial charge in [-0.05, 0) is 20.3 Å². The Morgan fingerprint density at radius 2 is 1.81 bits per heavy atom. The van der Waals surface area contributed by atoms with Gasteiger partial charge in [-0.2, -0.15) is 0 Å². The number of rotatable bonds is 7. The minimum absolute atomic E-state index is 0.0471. The van der Waals surface area contributed by atoms with Crippen molar-refractivity contribution >= 4 is 6.29 Å². The van der Waals surface area contributed by atoms with Gasteiger partial charge in [0.15, 0.2) is 5.79 Å². The van der Waals surface area contributed by atoms with E-state index in [-0.39, 0.29) is 12.2 Å². The second kappa shape index (κ2) is 6.36. The maximum atomic E-state index is 10.6. The summed E-state index contributed by atoms with van der Waals surface area (Å²) in [4.78, 5) is 10.6. The summed E-state index contributed by atoms with van der Waals surface area (Å²) in [7, 11) is 0. The first-order valence-electron chi connectivity index (χ1n) is 6.38. The van der Waals surface area contributed by atoms with Gasteiger partial charge < -0.3 is 14.3 Å². The predicted octanol–water partition coefficient (Wildman–Crippen LogP) is 3.07. The lowest BCUT2D eigenvalue weighted by Crippen LogP contribution is -2.22. The van der Waals surface area contributed by atoms with Crippen LogP contribution in [-0.4, -0.2) is 24.3 Å². The third-order valence-electron chi connectivity index (χ3n) is 2.96. The smallest absolute Gasteiger partial charge is 0.163 e. The lowest BCUT2D eigenvalue weighted by molar-refractivity contribution is -0.147. The van der Waals surface area contributed by atoms with E-state index in [1.54, 1.807) is 0 Å². The maximum Gasteiger partial charge on any atom is 0.163 e. The van der Waals surface area contributed by atoms with E-state index in [9.17, 15) is 4.79 Å². The molecule has 1 heterocycles. The van der Waals surface area contributed by atoms with Crippen LogP contribution in [0.25, 0.3) is 0 Å². The monoisotopic (exact) mass is 228 g/mol. The Labute approximate surface area is 98.5 Å². The molecule has 0 bridgehead atoms. The number of aldehydes is 1. The molecule has 16 heavy (non-hydrogen) atoms. The van der Waals surface area contributed by atoms with Gasteiger partial charge in [0.05, 0.1) is 12.2 Å². The molecule has 94 valence electrons. The molecule has 3 heteroatoms. The second-order valence-corrected chi connectivity index (χ2v) is 4.96. The number of ether oxygens (including phenoxy) is 2. The van der Waals surface area contributed by atoms with Crippen molar-refractivity contribution in [2.75, 3.05) is 0 Å². The molecule has 0 amide bonds. The summed E-state index contributed by atoms with van der Waals surface area (Å²) in [5.41, 5.74) is 0. The fraction of sp³-hybridized carbons (Fsp3) is 0.923. The first-order chi connectivity index (χ1) is 7.59. The Bertz CT molecular complexity index is 213. The van der Waals surface area contributed by atoms with Crippen LogP contribution in [0, 0.1) is 0 Å². The normalized spacial score (nSPS) is 28.2. The Morgan fingerprint density at radius 1 is 1.12 bits per heavy atom. The highest BCUT2D eigenvalue weighted by Crippen LogP contribution is 2.32. The van der Waals surface area contributed by atoms with Crippen LogP contribution in [0.4, 0.5) is 0 Å². The zero-order valence-corrected chi connectivity index (χ0v) is 10.7. The summed E-state index contributed by atoms with van der Waals surface area (Å²) < 4.78 is 11.5. The third kappa shape index (κ3) is 4.22. The van der Waals surface area contributed by atoms with E-state index in [4.69, 9.17) is 9.47 Å². The number of carbonyl (C=O) groups is 1. The van der Waals surface area contributed by atoms with E-state index >= 15 is 0 Å². The van der Waals surface area contributed by atoms with Gasteiger partial charge >= 0.3 is 0 Å². The van der Waals surface area contributed by atoms with E-state index < -0.39 is 5.79 Å². The molecule has 1 aliphatic heterocycles. The van der Waals surface area contributed by atoms with Crippen LogP contribution in [0.1, 0.15) is 59.3 Å². The van der Waals surface area contributed by atoms with E-state index in [1.807, 2.05) is 13.8 Å². The van der Waals surface area contributed by atoms with Crippen molar-refractivity contribution in [3.63, 3.8) is 0 Å². The molecule has 0 aromatic carbocycles. The Morgan fingerprint density at radius 3 is 2.44 bits per heavy atom. The average molecular weight is 228 g/mol. The van der Waals surface area contributed by atoms with Crippen LogP contribution in [0.15, 0.2) is 0 Å². The van der Waals surface area contributed by atoms with Crippen molar-refractivity contribution in [1.29, 1.82) is 0 Å². The highest BCUT2D eigenvalue weighted by molar-refractivity contribution is 5.50. The van der Waals surface area contributed by atoms with E-state index in [1.165, 1.54) is 19.3 Å². The van der Waals surface area contributed by atoms with Gasteiger partial charge in [-0.3, -0.25) is 0 Å². The fourth-order valence-corrected chi connectivity index (χ4v) is 2.22. The summed E-state index contributed by atoms with van der Waals surface area (Å²) in [6, 6.07) is 0. The maximum absolute atomic E-state index is 10.6. The summed E-state index contributed by atoms with van der Waals surface area (Å²) in [5, 5.41) is 0. The van der Waals surface area contributed by atoms with Crippen LogP contribution in [0.2, 0.25) is 0 Å². The average Bonchev–Trinajstić information content (AvgIpc) is 2.49. The summed E-state index contributed by atoms with van der Waals surface area (Å²) in [6.07, 6.45) is 7.34. The molecule has 0 unspecified atom stereocenters. The molecule has 1 fully saturated rings. The zero-order valence-electron chi connectivity index (χ0n) is 10.7. The van der Waals surface area contributed by atoms with Crippen molar-refractivity contribution in [1.82, 2.24) is 0 Å². The SMILES string of the molecule is CCCCCC[C@@H]1OC(C)(C)O[C@H]1CC=O. The number of hydrogen-bond donors (Lipinski definition) is 0. The van der Waals surface area contributed by atoms with E-state index in [0.29, 0.717) is 6.42 Å². The molecule has 1 aliphatic rings. The van der Waals surface area contributed by atoms with Crippen LogP contribution in [0.3, 0.4) is 0 Å². The molecule has 0 aliphatic carbocycles. The van der Waals surface area contributed by atoms with Crippen molar-refractivity contribution in [3.8, 4) is 0 Å². The van der Waals surface area contributed by atoms with E-state index in [0.717, 1.165) is 19.1 Å². The number of unbranched alkanes of at least 4 members (excludes halogenated alkanes) is 3. The minimum atomic E-state index is -0.525. The first kappa shape index (κ1) is 13.7. The topological polar surface area (TPSA) is 35.5 Å². The quantitative estimate of drug-likeness (QED) is 0.496. The minimum Gasteiger partial charge on any atom is -0.345 e. The second-order valence-electron chi connectivity index (χ2n) is 4.96. The van der Waals surface area contributed by atoms with Gasteiger partial charge in [-0.1, -0.05) is 32.6 Å². The van der Waals surface area contributed by atoms with E-state index in [2.05, 4.69) is 6.92 Å². The van der Waals surface area contributed by atoms with Gasteiger partial charge in [-0.15, -0.1) is 0 Å². The lowest BCUT2D eigenvalue weighted by atomic mass is 10.0. The largest absolute Gasteiger partial charge is 0.345 e. The molecule has 2 atom stereocenters. The van der Waals surface area contributed by atoms with Crippen LogP contribution in [-0.2, 0) is 14.3 Å². The van der Waals surface area contributed by atoms with Crippen LogP contribution >= 0.6 is 0 Å². The van der Waals surface area contributed by atoms with Gasteiger partial charge in [0.2, 0.25) is 0 Å². The summed E-state index contributed by atoms with van der Waals surface area (Å²) in [5.74, 6) is -0.525. The van der Waals surface area contributed by atoms with Gasteiger partial charge in [0, 0.05) is 6.42 Å². The van der Waals surface area contributed by atoms with Crippen molar-refractivity contribution < 1.29 is 14.3 Å². The number of carbonyl (C=O) groups excluding carboxylic acids is 1. The fourth-order valence-electron chi connectivity index (χ4n) is 2.22. The molecule has 0 radical (unpaired) electrons.